The van der Waals surface area contributed by atoms with E-state index in [9.17, 15) is 0 Å². The predicted molar refractivity (Wildman–Crippen MR) is 72.2 cm³/mol. The molecule has 1 N–H and O–H groups in total. The number of hydrogen-bond acceptors (Lipinski definition) is 3. The third-order valence-electron chi connectivity index (χ3n) is 3.08. The molecule has 0 amide bonds. The fourth-order valence-corrected chi connectivity index (χ4v) is 3.45. The van der Waals surface area contributed by atoms with Gasteiger partial charge in [0, 0.05) is 17.5 Å². The molecule has 2 unspecified atom stereocenters. The van der Waals surface area contributed by atoms with E-state index in [1.807, 2.05) is 6.20 Å². The van der Waals surface area contributed by atoms with E-state index in [2.05, 4.69) is 48.0 Å². The standard InChI is InChI=1S/C13H20N2S/c1-3-16-12-6-4-5-11(12)15-13-8-7-10(2)9-14-13/h7-9,11-12H,3-6H2,1-2H3,(H,14,15). The van der Waals surface area contributed by atoms with Gasteiger partial charge in [-0.1, -0.05) is 19.4 Å². The van der Waals surface area contributed by atoms with Crippen LogP contribution in [0.15, 0.2) is 18.3 Å². The third kappa shape index (κ3) is 2.91. The fourth-order valence-electron chi connectivity index (χ4n) is 2.25. The van der Waals surface area contributed by atoms with Crippen LogP contribution in [-0.4, -0.2) is 22.0 Å². The second-order valence-corrected chi connectivity index (χ2v) is 5.91. The maximum absolute atomic E-state index is 4.42. The Hall–Kier alpha value is -0.700. The molecule has 0 spiro atoms. The Bertz CT molecular complexity index is 323. The Labute approximate surface area is 102 Å². The SMILES string of the molecule is CCSC1CCCC1Nc1ccc(C)cn1. The molecule has 1 aromatic rings. The lowest BCUT2D eigenvalue weighted by Crippen LogP contribution is -2.26. The third-order valence-corrected chi connectivity index (χ3v) is 4.40. The van der Waals surface area contributed by atoms with Crippen LogP contribution in [0, 0.1) is 6.92 Å². The second kappa shape index (κ2) is 5.58. The lowest BCUT2D eigenvalue weighted by molar-refractivity contribution is 0.762. The van der Waals surface area contributed by atoms with Crippen LogP contribution in [0.3, 0.4) is 0 Å². The molecule has 1 aliphatic rings. The minimum Gasteiger partial charge on any atom is -0.366 e. The molecule has 1 aromatic heterocycles. The van der Waals surface area contributed by atoms with Crippen molar-refractivity contribution in [3.8, 4) is 0 Å². The van der Waals surface area contributed by atoms with Crippen molar-refractivity contribution in [2.75, 3.05) is 11.1 Å². The highest BCUT2D eigenvalue weighted by molar-refractivity contribution is 7.99. The average molecular weight is 236 g/mol. The Kier molecular flexibility index (Phi) is 4.10. The average Bonchev–Trinajstić information content (AvgIpc) is 2.70. The van der Waals surface area contributed by atoms with Gasteiger partial charge in [-0.25, -0.2) is 4.98 Å². The van der Waals surface area contributed by atoms with Gasteiger partial charge in [-0.05, 0) is 37.1 Å². The largest absolute Gasteiger partial charge is 0.366 e. The first kappa shape index (κ1) is 11.8. The molecule has 2 nitrogen and oxygen atoms in total. The molecule has 1 aliphatic carbocycles. The summed E-state index contributed by atoms with van der Waals surface area (Å²) >= 11 is 2.08. The molecular weight excluding hydrogens is 216 g/mol. The van der Waals surface area contributed by atoms with E-state index in [0.717, 1.165) is 11.1 Å². The van der Waals surface area contributed by atoms with Crippen LogP contribution in [0.25, 0.3) is 0 Å². The normalized spacial score (nSPS) is 24.6. The first-order valence-corrected chi connectivity index (χ1v) is 7.15. The topological polar surface area (TPSA) is 24.9 Å². The van der Waals surface area contributed by atoms with Gasteiger partial charge in [0.1, 0.15) is 5.82 Å². The molecule has 2 atom stereocenters. The van der Waals surface area contributed by atoms with Crippen molar-refractivity contribution >= 4 is 17.6 Å². The van der Waals surface area contributed by atoms with Crippen molar-refractivity contribution in [1.29, 1.82) is 0 Å². The van der Waals surface area contributed by atoms with Crippen LogP contribution >= 0.6 is 11.8 Å². The van der Waals surface area contributed by atoms with Crippen LogP contribution in [0.1, 0.15) is 31.7 Å². The highest BCUT2D eigenvalue weighted by Gasteiger charge is 2.26. The number of thioether (sulfide) groups is 1. The molecular formula is C13H20N2S. The zero-order valence-electron chi connectivity index (χ0n) is 10.1. The maximum Gasteiger partial charge on any atom is 0.126 e. The molecule has 0 aromatic carbocycles. The zero-order chi connectivity index (χ0) is 11.4. The molecule has 0 saturated heterocycles. The summed E-state index contributed by atoms with van der Waals surface area (Å²) < 4.78 is 0. The van der Waals surface area contributed by atoms with Crippen molar-refractivity contribution in [3.63, 3.8) is 0 Å². The number of nitrogens with zero attached hydrogens (tertiary/aromatic N) is 1. The molecule has 1 saturated carbocycles. The molecule has 88 valence electrons. The van der Waals surface area contributed by atoms with Gasteiger partial charge in [-0.15, -0.1) is 0 Å². The number of nitrogens with one attached hydrogen (secondary N) is 1. The monoisotopic (exact) mass is 236 g/mol. The lowest BCUT2D eigenvalue weighted by atomic mass is 10.2. The van der Waals surface area contributed by atoms with Crippen molar-refractivity contribution in [2.24, 2.45) is 0 Å². The Morgan fingerprint density at radius 3 is 3.00 bits per heavy atom. The summed E-state index contributed by atoms with van der Waals surface area (Å²) in [7, 11) is 0. The zero-order valence-corrected chi connectivity index (χ0v) is 10.9. The minimum absolute atomic E-state index is 0.611. The van der Waals surface area contributed by atoms with Gasteiger partial charge in [0.2, 0.25) is 0 Å². The number of hydrogen-bond donors (Lipinski definition) is 1. The number of rotatable bonds is 4. The quantitative estimate of drug-likeness (QED) is 0.866. The molecule has 0 radical (unpaired) electrons. The van der Waals surface area contributed by atoms with E-state index < -0.39 is 0 Å². The van der Waals surface area contributed by atoms with Crippen molar-refractivity contribution < 1.29 is 0 Å². The first-order valence-electron chi connectivity index (χ1n) is 6.10. The highest BCUT2D eigenvalue weighted by atomic mass is 32.2. The summed E-state index contributed by atoms with van der Waals surface area (Å²) in [5, 5.41) is 4.34. The van der Waals surface area contributed by atoms with Gasteiger partial charge in [-0.2, -0.15) is 11.8 Å². The minimum atomic E-state index is 0.611. The van der Waals surface area contributed by atoms with Crippen LogP contribution < -0.4 is 5.32 Å². The molecule has 0 bridgehead atoms. The number of aryl methyl sites for hydroxylation is 1. The van der Waals surface area contributed by atoms with Crippen LogP contribution in [0.4, 0.5) is 5.82 Å². The van der Waals surface area contributed by atoms with Gasteiger partial charge in [-0.3, -0.25) is 0 Å². The summed E-state index contributed by atoms with van der Waals surface area (Å²) in [5.74, 6) is 2.24. The van der Waals surface area contributed by atoms with E-state index in [-0.39, 0.29) is 0 Å². The Morgan fingerprint density at radius 1 is 1.44 bits per heavy atom. The van der Waals surface area contributed by atoms with Crippen molar-refractivity contribution in [3.05, 3.63) is 23.9 Å². The number of aromatic nitrogens is 1. The molecule has 2 rings (SSSR count). The lowest BCUT2D eigenvalue weighted by Gasteiger charge is -2.20. The summed E-state index contributed by atoms with van der Waals surface area (Å²) in [4.78, 5) is 4.42. The van der Waals surface area contributed by atoms with E-state index in [0.29, 0.717) is 6.04 Å². The summed E-state index contributed by atoms with van der Waals surface area (Å²) in [6.07, 6.45) is 5.91. The fraction of sp³-hybridized carbons (Fsp3) is 0.615. The smallest absolute Gasteiger partial charge is 0.126 e. The van der Waals surface area contributed by atoms with Gasteiger partial charge < -0.3 is 5.32 Å². The molecule has 3 heteroatoms. The second-order valence-electron chi connectivity index (χ2n) is 4.40. The van der Waals surface area contributed by atoms with Gasteiger partial charge in [0.25, 0.3) is 0 Å². The summed E-state index contributed by atoms with van der Waals surface area (Å²) in [6.45, 7) is 4.31. The van der Waals surface area contributed by atoms with Gasteiger partial charge in [0.15, 0.2) is 0 Å². The van der Waals surface area contributed by atoms with Crippen molar-refractivity contribution in [2.45, 2.75) is 44.4 Å². The van der Waals surface area contributed by atoms with Crippen LogP contribution in [-0.2, 0) is 0 Å². The Morgan fingerprint density at radius 2 is 2.31 bits per heavy atom. The Balaban J connectivity index is 1.95. The number of anilines is 1. The van der Waals surface area contributed by atoms with E-state index >= 15 is 0 Å². The van der Waals surface area contributed by atoms with Crippen LogP contribution in [0.5, 0.6) is 0 Å². The van der Waals surface area contributed by atoms with E-state index in [1.54, 1.807) is 0 Å². The summed E-state index contributed by atoms with van der Waals surface area (Å²) in [5.41, 5.74) is 1.22. The number of pyridine rings is 1. The molecule has 1 fully saturated rings. The highest BCUT2D eigenvalue weighted by Crippen LogP contribution is 2.31. The molecule has 0 aliphatic heterocycles. The summed E-state index contributed by atoms with van der Waals surface area (Å²) in [6, 6.07) is 4.81. The van der Waals surface area contributed by atoms with Gasteiger partial charge in [0.05, 0.1) is 0 Å². The van der Waals surface area contributed by atoms with E-state index in [4.69, 9.17) is 0 Å². The molecule has 16 heavy (non-hydrogen) atoms. The van der Waals surface area contributed by atoms with E-state index in [1.165, 1.54) is 30.6 Å². The van der Waals surface area contributed by atoms with Crippen molar-refractivity contribution in [1.82, 2.24) is 4.98 Å². The molecule has 1 heterocycles. The maximum atomic E-state index is 4.42. The predicted octanol–water partition coefficient (Wildman–Crippen LogP) is 3.48. The first-order chi connectivity index (χ1) is 7.79. The van der Waals surface area contributed by atoms with Crippen LogP contribution in [0.2, 0.25) is 0 Å². The van der Waals surface area contributed by atoms with Gasteiger partial charge >= 0.3 is 0 Å².